The summed E-state index contributed by atoms with van der Waals surface area (Å²) < 4.78 is 64.5. The molecule has 2 N–H and O–H groups in total. The zero-order valence-corrected chi connectivity index (χ0v) is 38.3. The third-order valence-corrected chi connectivity index (χ3v) is 18.2. The highest BCUT2D eigenvalue weighted by atomic mass is 32.2. The molecular weight excluding hydrogens is 818 g/mol. The summed E-state index contributed by atoms with van der Waals surface area (Å²) in [6.45, 7) is 16.1. The predicted octanol–water partition coefficient (Wildman–Crippen LogP) is 7.68. The molecular formula is C44H56FN7O7SSi. The largest absolute Gasteiger partial charge is 0.444 e. The van der Waals surface area contributed by atoms with Crippen molar-refractivity contribution in [3.63, 3.8) is 0 Å². The molecule has 1 saturated carbocycles. The molecule has 0 aliphatic heterocycles. The van der Waals surface area contributed by atoms with Crippen molar-refractivity contribution in [3.8, 4) is 22.4 Å². The number of imidazole rings is 1. The lowest BCUT2D eigenvalue weighted by Gasteiger charge is -2.40. The van der Waals surface area contributed by atoms with Gasteiger partial charge < -0.3 is 19.6 Å². The van der Waals surface area contributed by atoms with Gasteiger partial charge in [0.05, 0.1) is 50.9 Å². The van der Waals surface area contributed by atoms with E-state index < -0.39 is 54.2 Å². The molecule has 6 aromatic rings. The smallest absolute Gasteiger partial charge is 0.407 e. The van der Waals surface area contributed by atoms with Crippen LogP contribution in [0.5, 0.6) is 0 Å². The van der Waals surface area contributed by atoms with Crippen molar-refractivity contribution in [2.45, 2.75) is 114 Å². The standard InChI is InChI=1S/C44H56FN7O7SSi/c1-43(2,3)58-41(54)47-32-23-29(24-34(32)59-61(9,10)44(4,5)6)51-38-33(50(8)42(51)55)25-46-40-36(38)35(28-20-18-27(19-21-28)15-14-22-53)37(31-26-49(7)48-39(31)45)52(40)60(56,57)30-16-12-11-13-17-30/h11-13,16-21,25-26,29,32,34,53H,14-15,22-24H2,1-10H3,(H,47,54)/t29-,32-,34+/m0/s1. The maximum absolute atomic E-state index is 16.2. The van der Waals surface area contributed by atoms with Crippen molar-refractivity contribution in [2.24, 2.45) is 14.1 Å². The fourth-order valence-corrected chi connectivity index (χ4v) is 10.9. The first kappa shape index (κ1) is 44.0. The first-order chi connectivity index (χ1) is 28.5. The van der Waals surface area contributed by atoms with Crippen molar-refractivity contribution in [3.05, 3.63) is 89.0 Å². The zero-order valence-electron chi connectivity index (χ0n) is 36.5. The Morgan fingerprint density at radius 1 is 1.02 bits per heavy atom. The number of carbonyl (C=O) groups is 1. The number of hydrogen-bond acceptors (Lipinski definition) is 9. The van der Waals surface area contributed by atoms with Gasteiger partial charge in [-0.25, -0.2) is 27.0 Å². The number of amides is 1. The number of aromatic nitrogens is 6. The minimum atomic E-state index is -4.49. The van der Waals surface area contributed by atoms with Gasteiger partial charge in [-0.2, -0.15) is 4.39 Å². The average molecular weight is 874 g/mol. The number of fused-ring (bicyclic) bond motifs is 3. The second-order valence-electron chi connectivity index (χ2n) is 18.5. The van der Waals surface area contributed by atoms with Gasteiger partial charge in [0, 0.05) is 38.5 Å². The third kappa shape index (κ3) is 8.20. The lowest BCUT2D eigenvalue weighted by Crippen LogP contribution is -2.50. The highest BCUT2D eigenvalue weighted by Crippen LogP contribution is 2.47. The van der Waals surface area contributed by atoms with E-state index in [1.165, 1.54) is 33.8 Å². The fraction of sp³-hybridized carbons (Fsp3) is 0.455. The Bertz CT molecular complexity index is 2780. The maximum Gasteiger partial charge on any atom is 0.407 e. The number of rotatable bonds is 11. The highest BCUT2D eigenvalue weighted by molar-refractivity contribution is 7.90. The number of pyridine rings is 1. The van der Waals surface area contributed by atoms with Crippen LogP contribution >= 0.6 is 0 Å². The molecule has 4 heterocycles. The number of hydrogen-bond donors (Lipinski definition) is 2. The second kappa shape index (κ2) is 16.0. The van der Waals surface area contributed by atoms with Crippen LogP contribution in [0, 0.1) is 5.95 Å². The molecule has 326 valence electrons. The molecule has 3 atom stereocenters. The molecule has 2 aromatic carbocycles. The molecule has 61 heavy (non-hydrogen) atoms. The number of carbonyl (C=O) groups excluding carboxylic acids is 1. The van der Waals surface area contributed by atoms with Crippen LogP contribution in [0.1, 0.15) is 72.4 Å². The van der Waals surface area contributed by atoms with E-state index in [-0.39, 0.29) is 39.1 Å². The van der Waals surface area contributed by atoms with E-state index in [0.29, 0.717) is 53.2 Å². The summed E-state index contributed by atoms with van der Waals surface area (Å²) in [6.07, 6.45) is 3.61. The van der Waals surface area contributed by atoms with Gasteiger partial charge in [0.15, 0.2) is 14.0 Å². The Kier molecular flexibility index (Phi) is 11.5. The second-order valence-corrected chi connectivity index (χ2v) is 25.1. The van der Waals surface area contributed by atoms with Crippen molar-refractivity contribution in [1.82, 2.24) is 33.2 Å². The number of alkyl carbamates (subject to hydrolysis) is 1. The van der Waals surface area contributed by atoms with Gasteiger partial charge in [0.25, 0.3) is 10.0 Å². The molecule has 4 aromatic heterocycles. The molecule has 0 spiro atoms. The number of aliphatic hydroxyl groups is 1. The van der Waals surface area contributed by atoms with Crippen molar-refractivity contribution < 1.29 is 31.9 Å². The number of benzene rings is 2. The number of nitrogens with zero attached hydrogens (tertiary/aromatic N) is 6. The SMILES string of the molecule is Cn1cc(-c2c(-c3ccc(CCCO)cc3)c3c(ncc4c3n([C@H]3C[C@H](NC(=O)OC(C)(C)C)[C@H](O[Si](C)(C)C(C)(C)C)C3)c(=O)n4C)n2S(=O)(=O)c2ccccc2)c(F)n1. The fourth-order valence-electron chi connectivity index (χ4n) is 8.06. The monoisotopic (exact) mass is 873 g/mol. The first-order valence-corrected chi connectivity index (χ1v) is 24.9. The van der Waals surface area contributed by atoms with Gasteiger partial charge in [-0.05, 0) is 87.8 Å². The van der Waals surface area contributed by atoms with Crippen LogP contribution in [-0.2, 0) is 39.7 Å². The van der Waals surface area contributed by atoms with Crippen LogP contribution in [0.3, 0.4) is 0 Å². The number of halogens is 1. The Labute approximate surface area is 356 Å². The van der Waals surface area contributed by atoms with E-state index in [9.17, 15) is 14.7 Å². The van der Waals surface area contributed by atoms with E-state index in [4.69, 9.17) is 14.1 Å². The molecule has 14 nitrogen and oxygen atoms in total. The van der Waals surface area contributed by atoms with Crippen LogP contribution in [0.25, 0.3) is 44.5 Å². The van der Waals surface area contributed by atoms with Crippen molar-refractivity contribution in [2.75, 3.05) is 6.61 Å². The van der Waals surface area contributed by atoms with Gasteiger partial charge in [-0.3, -0.25) is 13.8 Å². The number of aliphatic hydroxyl groups excluding tert-OH is 1. The van der Waals surface area contributed by atoms with Gasteiger partial charge in [0.2, 0.25) is 5.95 Å². The summed E-state index contributed by atoms with van der Waals surface area (Å²) in [7, 11) is -3.73. The molecule has 7 rings (SSSR count). The van der Waals surface area contributed by atoms with E-state index >= 15 is 12.8 Å². The summed E-state index contributed by atoms with van der Waals surface area (Å²) >= 11 is 0. The molecule has 0 saturated heterocycles. The van der Waals surface area contributed by atoms with Crippen LogP contribution < -0.4 is 11.0 Å². The number of ether oxygens (including phenoxy) is 1. The van der Waals surface area contributed by atoms with Crippen LogP contribution in [0.4, 0.5) is 9.18 Å². The summed E-state index contributed by atoms with van der Waals surface area (Å²) in [4.78, 5) is 32.8. The molecule has 0 unspecified atom stereocenters. The van der Waals surface area contributed by atoms with Crippen LogP contribution in [0.15, 0.2) is 76.7 Å². The third-order valence-electron chi connectivity index (χ3n) is 12.0. The predicted molar refractivity (Wildman–Crippen MR) is 236 cm³/mol. The molecule has 1 fully saturated rings. The van der Waals surface area contributed by atoms with Gasteiger partial charge in [0.1, 0.15) is 5.60 Å². The quantitative estimate of drug-likeness (QED) is 0.124. The van der Waals surface area contributed by atoms with E-state index in [1.54, 1.807) is 57.6 Å². The molecule has 17 heteroatoms. The molecule has 0 radical (unpaired) electrons. The summed E-state index contributed by atoms with van der Waals surface area (Å²) in [6, 6.07) is 14.2. The van der Waals surface area contributed by atoms with E-state index in [0.717, 1.165) is 9.54 Å². The minimum Gasteiger partial charge on any atom is -0.444 e. The van der Waals surface area contributed by atoms with Crippen molar-refractivity contribution >= 4 is 46.5 Å². The normalized spacial score (nSPS) is 17.7. The summed E-state index contributed by atoms with van der Waals surface area (Å²) in [5.41, 5.74) is 1.42. The Balaban J connectivity index is 1.55. The lowest BCUT2D eigenvalue weighted by molar-refractivity contribution is 0.0457. The molecule has 1 amide bonds. The van der Waals surface area contributed by atoms with Gasteiger partial charge >= 0.3 is 11.8 Å². The zero-order chi connectivity index (χ0) is 44.4. The summed E-state index contributed by atoms with van der Waals surface area (Å²) in [5.74, 6) is -0.894. The minimum absolute atomic E-state index is 0.00885. The van der Waals surface area contributed by atoms with Crippen LogP contribution in [-0.4, -0.2) is 80.2 Å². The molecule has 1 aliphatic carbocycles. The van der Waals surface area contributed by atoms with E-state index in [1.807, 2.05) is 24.3 Å². The van der Waals surface area contributed by atoms with Crippen molar-refractivity contribution in [1.29, 1.82) is 0 Å². The van der Waals surface area contributed by atoms with E-state index in [2.05, 4.69) is 44.3 Å². The topological polar surface area (TPSA) is 164 Å². The Morgan fingerprint density at radius 3 is 2.28 bits per heavy atom. The summed E-state index contributed by atoms with van der Waals surface area (Å²) in [5, 5.41) is 16.7. The molecule has 1 aliphatic rings. The first-order valence-electron chi connectivity index (χ1n) is 20.6. The Morgan fingerprint density at radius 2 is 1.69 bits per heavy atom. The highest BCUT2D eigenvalue weighted by Gasteiger charge is 2.46. The van der Waals surface area contributed by atoms with Gasteiger partial charge in [-0.15, -0.1) is 5.10 Å². The average Bonchev–Trinajstić information content (AvgIpc) is 3.90. The number of aryl methyl sites for hydroxylation is 3. The van der Waals surface area contributed by atoms with Crippen LogP contribution in [0.2, 0.25) is 18.1 Å². The molecule has 0 bridgehead atoms. The van der Waals surface area contributed by atoms with Gasteiger partial charge in [-0.1, -0.05) is 63.2 Å². The number of nitrogens with one attached hydrogen (secondary N) is 1. The lowest BCUT2D eigenvalue weighted by atomic mass is 9.97. The Hall–Kier alpha value is -5.10. The maximum atomic E-state index is 16.2.